The normalized spacial score (nSPS) is 61.9. The molecule has 0 radical (unpaired) electrons. The average Bonchev–Trinajstić information content (AvgIpc) is 3.64. The van der Waals surface area contributed by atoms with Crippen LogP contribution in [-0.4, -0.2) is 134 Å². The number of aliphatic hydroxyl groups excluding tert-OH is 6. The molecule has 4 heterocycles. The largest absolute Gasteiger partial charge is 0.388 e. The van der Waals surface area contributed by atoms with Crippen molar-refractivity contribution >= 4 is 0 Å². The van der Waals surface area contributed by atoms with Gasteiger partial charge in [-0.2, -0.15) is 0 Å². The first-order chi connectivity index (χ1) is 24.7. The third-order valence-electron chi connectivity index (χ3n) is 17.8. The van der Waals surface area contributed by atoms with Crippen LogP contribution in [0.2, 0.25) is 0 Å². The number of hydrogen-bond acceptors (Lipinski definition) is 13. The molecule has 0 aromatic heterocycles. The molecule has 4 saturated heterocycles. The summed E-state index contributed by atoms with van der Waals surface area (Å²) in [4.78, 5) is 0. The summed E-state index contributed by atoms with van der Waals surface area (Å²) in [5, 5.41) is 75.6. The molecule has 13 nitrogen and oxygen atoms in total. The first kappa shape index (κ1) is 38.0. The lowest BCUT2D eigenvalue weighted by molar-refractivity contribution is -0.345. The second-order valence-corrected chi connectivity index (χ2v) is 20.6. The van der Waals surface area contributed by atoms with E-state index in [2.05, 4.69) is 34.6 Å². The second-order valence-electron chi connectivity index (χ2n) is 20.6. The predicted molar refractivity (Wildman–Crippen MR) is 185 cm³/mol. The molecular formula is C40H64O13. The summed E-state index contributed by atoms with van der Waals surface area (Å²) in [5.41, 5.74) is -0.657. The van der Waals surface area contributed by atoms with E-state index in [1.54, 1.807) is 0 Å². The number of ether oxygens (including phenoxy) is 6. The molecule has 0 aromatic rings. The topological polar surface area (TPSA) is 197 Å². The summed E-state index contributed by atoms with van der Waals surface area (Å²) in [6, 6.07) is 0. The van der Waals surface area contributed by atoms with Crippen molar-refractivity contribution in [1.82, 2.24) is 0 Å². The Hall–Kier alpha value is -0.520. The number of rotatable bonds is 4. The third kappa shape index (κ3) is 4.77. The molecule has 0 unspecified atom stereocenters. The van der Waals surface area contributed by atoms with Gasteiger partial charge in [0.25, 0.3) is 0 Å². The Morgan fingerprint density at radius 2 is 1.30 bits per heavy atom. The zero-order valence-corrected chi connectivity index (χ0v) is 32.4. The van der Waals surface area contributed by atoms with Gasteiger partial charge in [-0.15, -0.1) is 0 Å². The van der Waals surface area contributed by atoms with Crippen LogP contribution in [0.15, 0.2) is 0 Å². The van der Waals surface area contributed by atoms with Gasteiger partial charge in [0.05, 0.1) is 31.0 Å². The highest BCUT2D eigenvalue weighted by atomic mass is 16.7. The van der Waals surface area contributed by atoms with Crippen LogP contribution in [0, 0.1) is 50.7 Å². The fourth-order valence-electron chi connectivity index (χ4n) is 15.1. The van der Waals surface area contributed by atoms with E-state index in [1.165, 1.54) is 12.8 Å². The molecular weight excluding hydrogens is 688 g/mol. The Morgan fingerprint density at radius 3 is 2.02 bits per heavy atom. The molecule has 21 atom stereocenters. The van der Waals surface area contributed by atoms with Gasteiger partial charge in [0.2, 0.25) is 5.79 Å². The van der Waals surface area contributed by atoms with Crippen LogP contribution in [0.5, 0.6) is 0 Å². The summed E-state index contributed by atoms with van der Waals surface area (Å²) in [5.74, 6) is -0.506. The summed E-state index contributed by atoms with van der Waals surface area (Å²) >= 11 is 0. The van der Waals surface area contributed by atoms with Crippen LogP contribution in [0.3, 0.4) is 0 Å². The van der Waals surface area contributed by atoms with Crippen LogP contribution < -0.4 is 0 Å². The highest BCUT2D eigenvalue weighted by molar-refractivity contribution is 5.32. The Morgan fingerprint density at radius 1 is 0.660 bits per heavy atom. The van der Waals surface area contributed by atoms with E-state index >= 15 is 0 Å². The molecule has 2 spiro atoms. The molecule has 9 rings (SSSR count). The molecule has 0 aromatic carbocycles. The molecule has 13 heteroatoms. The zero-order chi connectivity index (χ0) is 38.1. The number of aliphatic hydroxyl groups is 7. The van der Waals surface area contributed by atoms with Crippen molar-refractivity contribution in [2.24, 2.45) is 50.7 Å². The maximum absolute atomic E-state index is 11.8. The van der Waals surface area contributed by atoms with Gasteiger partial charge in [-0.1, -0.05) is 34.6 Å². The van der Waals surface area contributed by atoms with Crippen molar-refractivity contribution in [3.05, 3.63) is 0 Å². The van der Waals surface area contributed by atoms with Crippen molar-refractivity contribution in [2.45, 2.75) is 185 Å². The molecule has 9 aliphatic rings. The second kappa shape index (κ2) is 11.8. The molecule has 4 aliphatic heterocycles. The van der Waals surface area contributed by atoms with Crippen LogP contribution in [0.1, 0.15) is 99.8 Å². The fraction of sp³-hybridized carbons (Fsp3) is 1.00. The van der Waals surface area contributed by atoms with Crippen LogP contribution in [0.25, 0.3) is 0 Å². The van der Waals surface area contributed by atoms with Gasteiger partial charge in [-0.25, -0.2) is 0 Å². The molecule has 0 amide bonds. The van der Waals surface area contributed by atoms with E-state index in [4.69, 9.17) is 28.4 Å². The van der Waals surface area contributed by atoms with Crippen molar-refractivity contribution in [1.29, 1.82) is 0 Å². The highest BCUT2D eigenvalue weighted by Gasteiger charge is 2.84. The first-order valence-corrected chi connectivity index (χ1v) is 20.4. The molecule has 53 heavy (non-hydrogen) atoms. The Labute approximate surface area is 312 Å². The Balaban J connectivity index is 0.915. The maximum atomic E-state index is 11.8. The lowest BCUT2D eigenvalue weighted by Crippen LogP contribution is -2.63. The van der Waals surface area contributed by atoms with Crippen molar-refractivity contribution in [3.63, 3.8) is 0 Å². The van der Waals surface area contributed by atoms with Crippen molar-refractivity contribution < 1.29 is 64.2 Å². The Kier molecular flexibility index (Phi) is 8.46. The van der Waals surface area contributed by atoms with Gasteiger partial charge in [0.15, 0.2) is 12.6 Å². The van der Waals surface area contributed by atoms with Crippen molar-refractivity contribution in [3.8, 4) is 0 Å². The quantitative estimate of drug-likeness (QED) is 0.205. The van der Waals surface area contributed by atoms with Crippen LogP contribution in [-0.2, 0) is 28.4 Å². The first-order valence-electron chi connectivity index (χ1n) is 20.4. The van der Waals surface area contributed by atoms with Gasteiger partial charge in [-0.05, 0) is 116 Å². The van der Waals surface area contributed by atoms with E-state index in [9.17, 15) is 35.7 Å². The van der Waals surface area contributed by atoms with E-state index in [-0.39, 0.29) is 64.3 Å². The van der Waals surface area contributed by atoms with Gasteiger partial charge >= 0.3 is 0 Å². The summed E-state index contributed by atoms with van der Waals surface area (Å²) in [6.07, 6.45) is -4.19. The van der Waals surface area contributed by atoms with Gasteiger partial charge < -0.3 is 64.2 Å². The zero-order valence-electron chi connectivity index (χ0n) is 32.4. The standard InChI is InChI=1S/C40H64O13/c1-18-25-21(52-40(47)30(18)53-35(4,5)33(40)46)14-37(7)23-9-8-22-34(2,3)24(10-11-38(22)17-39(23,38)13-12-36(25,37)6)50-32-28(45)29(20(42)16-49-32)51-31-27(44)26(43)19(41)15-48-31/h18-33,41-47H,8-17H2,1-7H3/t18-,19+,20+,21-,22-,23-,24-,25-,26-,27+,28+,29-,30+,31-,32-,33+,36+,37-,38+,39-,40-/m0/s1. The van der Waals surface area contributed by atoms with Gasteiger partial charge in [0.1, 0.15) is 48.8 Å². The van der Waals surface area contributed by atoms with E-state index in [0.717, 1.165) is 38.5 Å². The molecule has 7 N–H and O–H groups in total. The minimum Gasteiger partial charge on any atom is -0.388 e. The molecule has 5 saturated carbocycles. The smallest absolute Gasteiger partial charge is 0.222 e. The summed E-state index contributed by atoms with van der Waals surface area (Å²) < 4.78 is 36.8. The van der Waals surface area contributed by atoms with E-state index in [0.29, 0.717) is 11.8 Å². The average molecular weight is 753 g/mol. The molecule has 0 bridgehead atoms. The van der Waals surface area contributed by atoms with Crippen molar-refractivity contribution in [2.75, 3.05) is 13.2 Å². The van der Waals surface area contributed by atoms with Gasteiger partial charge in [0, 0.05) is 0 Å². The lowest BCUT2D eigenvalue weighted by Gasteiger charge is -2.63. The minimum atomic E-state index is -1.71. The van der Waals surface area contributed by atoms with Crippen LogP contribution >= 0.6 is 0 Å². The van der Waals surface area contributed by atoms with E-state index in [1.807, 2.05) is 13.8 Å². The monoisotopic (exact) mass is 752 g/mol. The SMILES string of the molecule is C[C@H]1[C@H]2[C@H](C[C@@]3(C)[C@@H]4CC[C@H]5C(C)(C)[C@@H](O[C@@H]6OC[C@@H](O)[C@H](O[C@@H]7OC[C@@H](O)[C@H](O)[C@H]7O)[C@H]6O)CC[C@@]56C[C@@]46CC[C@]23C)O[C@@]2(O)[C@@H]1OC(C)(C)[C@H]2O. The minimum absolute atomic E-state index is 0.00985. The number of hydrogen-bond donors (Lipinski definition) is 7. The third-order valence-corrected chi connectivity index (χ3v) is 17.8. The fourth-order valence-corrected chi connectivity index (χ4v) is 15.1. The van der Waals surface area contributed by atoms with E-state index < -0.39 is 72.8 Å². The van der Waals surface area contributed by atoms with Gasteiger partial charge in [-0.3, -0.25) is 0 Å². The van der Waals surface area contributed by atoms with Crippen LogP contribution in [0.4, 0.5) is 0 Å². The lowest BCUT2D eigenvalue weighted by atomic mass is 9.41. The molecule has 5 aliphatic carbocycles. The maximum Gasteiger partial charge on any atom is 0.222 e. The molecule has 9 fully saturated rings. The Bertz CT molecular complexity index is 1460. The highest BCUT2D eigenvalue weighted by Crippen LogP contribution is 2.89. The number of fused-ring (bicyclic) bond motifs is 5. The summed E-state index contributed by atoms with van der Waals surface area (Å²) in [7, 11) is 0. The molecule has 302 valence electrons. The summed E-state index contributed by atoms with van der Waals surface area (Å²) in [6.45, 7) is 15.1. The predicted octanol–water partition coefficient (Wildman–Crippen LogP) is 1.58.